The fourth-order valence-electron chi connectivity index (χ4n) is 1.67. The quantitative estimate of drug-likeness (QED) is 0.641. The maximum atomic E-state index is 4.78. The van der Waals surface area contributed by atoms with Crippen LogP contribution in [0.25, 0.3) is 0 Å². The van der Waals surface area contributed by atoms with Gasteiger partial charge < -0.3 is 4.52 Å². The Kier molecular flexibility index (Phi) is 3.85. The van der Waals surface area contributed by atoms with Crippen LogP contribution in [0.5, 0.6) is 0 Å². The van der Waals surface area contributed by atoms with E-state index in [0.717, 1.165) is 5.92 Å². The molecule has 0 aliphatic heterocycles. The zero-order valence-electron chi connectivity index (χ0n) is 7.92. The van der Waals surface area contributed by atoms with E-state index in [4.69, 9.17) is 4.52 Å². The first-order valence-electron chi connectivity index (χ1n) is 4.86. The Balaban J connectivity index is 0.000000336. The summed E-state index contributed by atoms with van der Waals surface area (Å²) < 4.78 is 4.78. The fourth-order valence-corrected chi connectivity index (χ4v) is 1.67. The summed E-state index contributed by atoms with van der Waals surface area (Å²) in [7, 11) is 0. The van der Waals surface area contributed by atoms with Crippen LogP contribution in [0, 0.1) is 0 Å². The second-order valence-electron chi connectivity index (χ2n) is 2.94. The molecular formula is C10H17NO. The number of aromatic nitrogens is 1. The number of hydrogen-bond donors (Lipinski definition) is 0. The van der Waals surface area contributed by atoms with E-state index < -0.39 is 0 Å². The van der Waals surface area contributed by atoms with E-state index in [0.29, 0.717) is 0 Å². The largest absolute Gasteiger partial charge is 0.364 e. The molecule has 0 N–H and O–H groups in total. The molecule has 1 aliphatic carbocycles. The van der Waals surface area contributed by atoms with Gasteiger partial charge >= 0.3 is 0 Å². The van der Waals surface area contributed by atoms with Crippen LogP contribution in [-0.2, 0) is 0 Å². The normalized spacial score (nSPS) is 17.2. The third-order valence-electron chi connectivity index (χ3n) is 2.28. The molecule has 0 spiro atoms. The van der Waals surface area contributed by atoms with Gasteiger partial charge in [0.15, 0.2) is 0 Å². The molecule has 0 atom stereocenters. The summed E-state index contributed by atoms with van der Waals surface area (Å²) in [5, 5.41) is 3.69. The molecule has 0 aromatic carbocycles. The first kappa shape index (κ1) is 9.30. The molecule has 0 radical (unpaired) electrons. The Morgan fingerprint density at radius 2 is 2.00 bits per heavy atom. The van der Waals surface area contributed by atoms with Gasteiger partial charge in [0.05, 0.1) is 6.20 Å². The van der Waals surface area contributed by atoms with Gasteiger partial charge in [-0.25, -0.2) is 0 Å². The van der Waals surface area contributed by atoms with Gasteiger partial charge in [0.25, 0.3) is 0 Å². The van der Waals surface area contributed by atoms with E-state index >= 15 is 0 Å². The predicted octanol–water partition coefficient (Wildman–Crippen LogP) is 3.36. The number of rotatable bonds is 1. The summed E-state index contributed by atoms with van der Waals surface area (Å²) >= 11 is 0. The third kappa shape index (κ3) is 2.10. The summed E-state index contributed by atoms with van der Waals surface area (Å²) in [6.07, 6.45) is 9.00. The summed E-state index contributed by atoms with van der Waals surface area (Å²) in [5.74, 6) is 0.742. The highest BCUT2D eigenvalue weighted by molar-refractivity contribution is 5.09. The Morgan fingerprint density at radius 3 is 2.50 bits per heavy atom. The zero-order chi connectivity index (χ0) is 8.81. The highest BCUT2D eigenvalue weighted by atomic mass is 16.5. The van der Waals surface area contributed by atoms with Crippen molar-refractivity contribution < 1.29 is 4.52 Å². The van der Waals surface area contributed by atoms with Crippen molar-refractivity contribution in [1.82, 2.24) is 5.16 Å². The summed E-state index contributed by atoms with van der Waals surface area (Å²) in [6.45, 7) is 4.00. The lowest BCUT2D eigenvalue weighted by atomic mass is 10.0. The summed E-state index contributed by atoms with van der Waals surface area (Å²) in [4.78, 5) is 0. The minimum Gasteiger partial charge on any atom is -0.364 e. The van der Waals surface area contributed by atoms with Crippen LogP contribution in [0.15, 0.2) is 17.0 Å². The summed E-state index contributed by atoms with van der Waals surface area (Å²) in [5.41, 5.74) is 1.29. The van der Waals surface area contributed by atoms with Crippen LogP contribution < -0.4 is 0 Å². The highest BCUT2D eigenvalue weighted by Gasteiger charge is 2.17. The number of nitrogens with zero attached hydrogens (tertiary/aromatic N) is 1. The lowest BCUT2D eigenvalue weighted by molar-refractivity contribution is 0.418. The molecule has 1 saturated carbocycles. The van der Waals surface area contributed by atoms with Crippen LogP contribution in [0.3, 0.4) is 0 Å². The lowest BCUT2D eigenvalue weighted by Crippen LogP contribution is -1.87. The van der Waals surface area contributed by atoms with Crippen LogP contribution in [-0.4, -0.2) is 5.16 Å². The molecule has 1 heterocycles. The van der Waals surface area contributed by atoms with Gasteiger partial charge in [-0.1, -0.05) is 31.8 Å². The lowest BCUT2D eigenvalue weighted by Gasteiger charge is -2.01. The molecule has 0 amide bonds. The van der Waals surface area contributed by atoms with E-state index in [-0.39, 0.29) is 0 Å². The van der Waals surface area contributed by atoms with Gasteiger partial charge in [-0.15, -0.1) is 0 Å². The van der Waals surface area contributed by atoms with Crippen LogP contribution >= 0.6 is 0 Å². The van der Waals surface area contributed by atoms with Crippen molar-refractivity contribution in [3.63, 3.8) is 0 Å². The molecule has 68 valence electrons. The average molecular weight is 167 g/mol. The Bertz CT molecular complexity index is 188. The van der Waals surface area contributed by atoms with Gasteiger partial charge in [-0.3, -0.25) is 0 Å². The average Bonchev–Trinajstić information content (AvgIpc) is 2.80. The molecule has 1 aliphatic rings. The molecule has 1 aromatic rings. The molecule has 2 rings (SSSR count). The van der Waals surface area contributed by atoms with Crippen LogP contribution in [0.4, 0.5) is 0 Å². The maximum Gasteiger partial charge on any atom is 0.127 e. The fraction of sp³-hybridized carbons (Fsp3) is 0.700. The van der Waals surface area contributed by atoms with Crippen LogP contribution in [0.2, 0.25) is 0 Å². The Labute approximate surface area is 74.0 Å². The Hall–Kier alpha value is -0.790. The maximum absolute atomic E-state index is 4.78. The van der Waals surface area contributed by atoms with E-state index in [1.54, 1.807) is 6.26 Å². The van der Waals surface area contributed by atoms with Crippen LogP contribution in [0.1, 0.15) is 51.0 Å². The van der Waals surface area contributed by atoms with Crippen molar-refractivity contribution in [3.8, 4) is 0 Å². The van der Waals surface area contributed by atoms with Gasteiger partial charge in [-0.2, -0.15) is 0 Å². The topological polar surface area (TPSA) is 26.0 Å². The standard InChI is InChI=1S/C8H11NO.C2H6/c1-2-4-7(3-1)8-5-9-10-6-8;1-2/h5-7H,1-4H2;1-2H3. The second kappa shape index (κ2) is 4.96. The van der Waals surface area contributed by atoms with Gasteiger partial charge in [-0.05, 0) is 18.8 Å². The first-order valence-corrected chi connectivity index (χ1v) is 4.86. The minimum atomic E-state index is 0.742. The summed E-state index contributed by atoms with van der Waals surface area (Å²) in [6, 6.07) is 0. The van der Waals surface area contributed by atoms with Gasteiger partial charge in [0, 0.05) is 5.56 Å². The molecule has 2 nitrogen and oxygen atoms in total. The second-order valence-corrected chi connectivity index (χ2v) is 2.94. The minimum absolute atomic E-state index is 0.742. The first-order chi connectivity index (χ1) is 5.97. The van der Waals surface area contributed by atoms with Crippen molar-refractivity contribution in [1.29, 1.82) is 0 Å². The highest BCUT2D eigenvalue weighted by Crippen LogP contribution is 2.33. The van der Waals surface area contributed by atoms with E-state index in [9.17, 15) is 0 Å². The monoisotopic (exact) mass is 167 g/mol. The van der Waals surface area contributed by atoms with Gasteiger partial charge in [0.1, 0.15) is 6.26 Å². The SMILES string of the molecule is CC.c1nocc1C1CCCC1. The molecule has 0 bridgehead atoms. The molecule has 0 unspecified atom stereocenters. The van der Waals surface area contributed by atoms with Crippen molar-refractivity contribution in [3.05, 3.63) is 18.0 Å². The van der Waals surface area contributed by atoms with E-state index in [1.807, 2.05) is 20.0 Å². The third-order valence-corrected chi connectivity index (χ3v) is 2.28. The molecule has 2 heteroatoms. The molecule has 0 saturated heterocycles. The van der Waals surface area contributed by atoms with Crippen molar-refractivity contribution in [2.45, 2.75) is 45.4 Å². The van der Waals surface area contributed by atoms with E-state index in [2.05, 4.69) is 5.16 Å². The zero-order valence-corrected chi connectivity index (χ0v) is 7.92. The molecular weight excluding hydrogens is 150 g/mol. The van der Waals surface area contributed by atoms with Gasteiger partial charge in [0.2, 0.25) is 0 Å². The smallest absolute Gasteiger partial charge is 0.127 e. The molecule has 1 aromatic heterocycles. The number of hydrogen-bond acceptors (Lipinski definition) is 2. The Morgan fingerprint density at radius 1 is 1.33 bits per heavy atom. The molecule has 1 fully saturated rings. The molecule has 12 heavy (non-hydrogen) atoms. The predicted molar refractivity (Wildman–Crippen MR) is 49.1 cm³/mol. The van der Waals surface area contributed by atoms with Crippen molar-refractivity contribution >= 4 is 0 Å². The van der Waals surface area contributed by atoms with E-state index in [1.165, 1.54) is 31.2 Å². The van der Waals surface area contributed by atoms with Crippen molar-refractivity contribution in [2.75, 3.05) is 0 Å². The van der Waals surface area contributed by atoms with Crippen molar-refractivity contribution in [2.24, 2.45) is 0 Å².